The van der Waals surface area contributed by atoms with Crippen LogP contribution in [0, 0.1) is 0 Å². The van der Waals surface area contributed by atoms with Gasteiger partial charge in [0.1, 0.15) is 0 Å². The Bertz CT molecular complexity index is 385. The summed E-state index contributed by atoms with van der Waals surface area (Å²) < 4.78 is 0. The molecule has 1 nitrogen and oxygen atoms in total. The number of hydrogen-bond donors (Lipinski definition) is 1. The molecule has 0 radical (unpaired) electrons. The molecule has 0 bridgehead atoms. The minimum atomic E-state index is -0.375. The highest BCUT2D eigenvalue weighted by Crippen LogP contribution is 2.05. The van der Waals surface area contributed by atoms with Crippen LogP contribution in [-0.4, -0.2) is 11.2 Å². The van der Waals surface area contributed by atoms with Crippen molar-refractivity contribution in [2.45, 2.75) is 84.2 Å². The number of rotatable bonds is 15. The Hall–Kier alpha value is -1.34. The Morgan fingerprint density at radius 3 is 2.17 bits per heavy atom. The predicted octanol–water partition coefficient (Wildman–Crippen LogP) is 7.07. The van der Waals surface area contributed by atoms with E-state index in [4.69, 9.17) is 0 Å². The Kier molecular flexibility index (Phi) is 18.6. The Labute approximate surface area is 150 Å². The topological polar surface area (TPSA) is 20.2 Å². The lowest BCUT2D eigenvalue weighted by molar-refractivity contribution is 0.227. The van der Waals surface area contributed by atoms with Crippen molar-refractivity contribution in [1.29, 1.82) is 0 Å². The molecule has 0 saturated heterocycles. The van der Waals surface area contributed by atoms with Crippen molar-refractivity contribution in [3.63, 3.8) is 0 Å². The van der Waals surface area contributed by atoms with Gasteiger partial charge in [0, 0.05) is 0 Å². The molecule has 1 heteroatoms. The summed E-state index contributed by atoms with van der Waals surface area (Å²) in [6.07, 6.45) is 32.3. The van der Waals surface area contributed by atoms with Gasteiger partial charge in [-0.2, -0.15) is 0 Å². The molecule has 0 fully saturated rings. The fourth-order valence-electron chi connectivity index (χ4n) is 2.26. The van der Waals surface area contributed by atoms with E-state index in [1.807, 2.05) is 24.3 Å². The third-order valence-corrected chi connectivity index (χ3v) is 3.71. The minimum Gasteiger partial charge on any atom is -0.389 e. The van der Waals surface area contributed by atoms with Crippen molar-refractivity contribution in [3.05, 3.63) is 60.8 Å². The number of hydrogen-bond acceptors (Lipinski definition) is 1. The lowest BCUT2D eigenvalue weighted by Gasteiger charge is -1.98. The first-order valence-electron chi connectivity index (χ1n) is 9.77. The van der Waals surface area contributed by atoms with Gasteiger partial charge in [0.15, 0.2) is 0 Å². The van der Waals surface area contributed by atoms with Crippen LogP contribution in [0.5, 0.6) is 0 Å². The van der Waals surface area contributed by atoms with Gasteiger partial charge in [-0.15, -0.1) is 0 Å². The van der Waals surface area contributed by atoms with Crippen LogP contribution in [0.25, 0.3) is 0 Å². The third-order valence-electron chi connectivity index (χ3n) is 3.71. The highest BCUT2D eigenvalue weighted by atomic mass is 16.3. The summed E-state index contributed by atoms with van der Waals surface area (Å²) in [6, 6.07) is 0. The van der Waals surface area contributed by atoms with Gasteiger partial charge in [-0.05, 0) is 38.5 Å². The summed E-state index contributed by atoms with van der Waals surface area (Å²) in [7, 11) is 0. The average molecular weight is 331 g/mol. The van der Waals surface area contributed by atoms with E-state index in [1.54, 1.807) is 0 Å². The molecule has 24 heavy (non-hydrogen) atoms. The highest BCUT2D eigenvalue weighted by Gasteiger charge is 1.92. The molecular formula is C23H38O. The summed E-state index contributed by atoms with van der Waals surface area (Å²) in [5.74, 6) is 0. The molecule has 0 rings (SSSR count). The molecule has 0 aromatic rings. The lowest BCUT2D eigenvalue weighted by Crippen LogP contribution is -1.98. The summed E-state index contributed by atoms with van der Waals surface area (Å²) in [4.78, 5) is 0. The minimum absolute atomic E-state index is 0.375. The first-order chi connectivity index (χ1) is 11.8. The number of aliphatic hydroxyl groups is 1. The summed E-state index contributed by atoms with van der Waals surface area (Å²) in [6.45, 7) is 4.35. The molecule has 0 aliphatic rings. The first kappa shape index (κ1) is 22.7. The summed E-state index contributed by atoms with van der Waals surface area (Å²) >= 11 is 0. The summed E-state index contributed by atoms with van der Waals surface area (Å²) in [5.41, 5.74) is 0. The Balaban J connectivity index is 3.55. The largest absolute Gasteiger partial charge is 0.389 e. The van der Waals surface area contributed by atoms with Crippen LogP contribution in [0.2, 0.25) is 0 Å². The second kappa shape index (κ2) is 19.7. The van der Waals surface area contributed by atoms with Crippen LogP contribution in [0.1, 0.15) is 78.1 Å². The zero-order valence-electron chi connectivity index (χ0n) is 15.9. The summed E-state index contributed by atoms with van der Waals surface area (Å²) in [5, 5.41) is 9.69. The van der Waals surface area contributed by atoms with Crippen molar-refractivity contribution in [3.8, 4) is 0 Å². The van der Waals surface area contributed by atoms with Gasteiger partial charge >= 0.3 is 0 Å². The van der Waals surface area contributed by atoms with Crippen LogP contribution >= 0.6 is 0 Å². The molecule has 0 spiro atoms. The van der Waals surface area contributed by atoms with E-state index in [1.165, 1.54) is 38.5 Å². The SMILES string of the molecule is CC/C=C\CC(O)/C=C/C=C\C/C=C\C/C=C\CCCCCCC. The van der Waals surface area contributed by atoms with E-state index < -0.39 is 0 Å². The highest BCUT2D eigenvalue weighted by molar-refractivity contribution is 5.08. The second-order valence-corrected chi connectivity index (χ2v) is 6.11. The maximum absolute atomic E-state index is 9.69. The van der Waals surface area contributed by atoms with Crippen molar-refractivity contribution in [2.24, 2.45) is 0 Å². The molecule has 1 unspecified atom stereocenters. The molecule has 1 atom stereocenters. The molecular weight excluding hydrogens is 292 g/mol. The number of unbranched alkanes of at least 4 members (excludes halogenated alkanes) is 5. The fraction of sp³-hybridized carbons (Fsp3) is 0.565. The Morgan fingerprint density at radius 2 is 1.42 bits per heavy atom. The van der Waals surface area contributed by atoms with E-state index in [0.717, 1.165) is 19.3 Å². The molecule has 0 aliphatic carbocycles. The van der Waals surface area contributed by atoms with Gasteiger partial charge in [0.25, 0.3) is 0 Å². The molecule has 0 heterocycles. The molecule has 0 aliphatic heterocycles. The molecule has 0 aromatic heterocycles. The zero-order valence-corrected chi connectivity index (χ0v) is 15.9. The predicted molar refractivity (Wildman–Crippen MR) is 109 cm³/mol. The Morgan fingerprint density at radius 1 is 0.708 bits per heavy atom. The molecule has 0 aromatic carbocycles. The normalized spacial score (nSPS) is 14.3. The fourth-order valence-corrected chi connectivity index (χ4v) is 2.26. The van der Waals surface area contributed by atoms with E-state index >= 15 is 0 Å². The van der Waals surface area contributed by atoms with Crippen LogP contribution in [0.3, 0.4) is 0 Å². The van der Waals surface area contributed by atoms with Gasteiger partial charge in [-0.1, -0.05) is 100 Å². The average Bonchev–Trinajstić information content (AvgIpc) is 2.58. The van der Waals surface area contributed by atoms with Gasteiger partial charge < -0.3 is 5.11 Å². The smallest absolute Gasteiger partial charge is 0.0758 e. The van der Waals surface area contributed by atoms with Crippen LogP contribution in [-0.2, 0) is 0 Å². The van der Waals surface area contributed by atoms with Crippen molar-refractivity contribution >= 4 is 0 Å². The molecule has 0 saturated carbocycles. The van der Waals surface area contributed by atoms with E-state index in [0.29, 0.717) is 6.42 Å². The van der Waals surface area contributed by atoms with Crippen molar-refractivity contribution in [1.82, 2.24) is 0 Å². The van der Waals surface area contributed by atoms with Gasteiger partial charge in [-0.3, -0.25) is 0 Å². The first-order valence-corrected chi connectivity index (χ1v) is 9.77. The maximum Gasteiger partial charge on any atom is 0.0758 e. The van der Waals surface area contributed by atoms with E-state index in [-0.39, 0.29) is 6.10 Å². The van der Waals surface area contributed by atoms with Gasteiger partial charge in [0.2, 0.25) is 0 Å². The van der Waals surface area contributed by atoms with Gasteiger partial charge in [-0.25, -0.2) is 0 Å². The molecule has 136 valence electrons. The number of aliphatic hydroxyl groups excluding tert-OH is 1. The van der Waals surface area contributed by atoms with Crippen LogP contribution in [0.15, 0.2) is 60.8 Å². The molecule has 1 N–H and O–H groups in total. The van der Waals surface area contributed by atoms with E-state index in [2.05, 4.69) is 50.3 Å². The van der Waals surface area contributed by atoms with Gasteiger partial charge in [0.05, 0.1) is 6.10 Å². The quantitative estimate of drug-likeness (QED) is 0.193. The lowest BCUT2D eigenvalue weighted by atomic mass is 10.1. The molecule has 0 amide bonds. The standard InChI is InChI=1S/C23H38O/c1-3-5-7-8-9-10-11-12-13-14-15-16-17-18-20-22-23(24)21-19-6-4-2/h6,11-12,14-15,17-20,22-24H,3-5,7-10,13,16,21H2,1-2H3/b12-11-,15-14-,18-17-,19-6-,22-20+. The second-order valence-electron chi connectivity index (χ2n) is 6.11. The van der Waals surface area contributed by atoms with Crippen LogP contribution in [0.4, 0.5) is 0 Å². The monoisotopic (exact) mass is 330 g/mol. The zero-order chi connectivity index (χ0) is 17.7. The van der Waals surface area contributed by atoms with E-state index in [9.17, 15) is 5.11 Å². The van der Waals surface area contributed by atoms with Crippen LogP contribution < -0.4 is 0 Å². The number of allylic oxidation sites excluding steroid dienone is 8. The maximum atomic E-state index is 9.69. The van der Waals surface area contributed by atoms with Crippen molar-refractivity contribution < 1.29 is 5.11 Å². The third kappa shape index (κ3) is 18.7. The van der Waals surface area contributed by atoms with Crippen molar-refractivity contribution in [2.75, 3.05) is 0 Å².